The molecule has 0 aromatic heterocycles. The van der Waals surface area contributed by atoms with E-state index in [1.54, 1.807) is 6.92 Å². The van der Waals surface area contributed by atoms with Gasteiger partial charge in [0.15, 0.2) is 0 Å². The zero-order valence-electron chi connectivity index (χ0n) is 15.3. The van der Waals surface area contributed by atoms with Crippen LogP contribution in [0.2, 0.25) is 0 Å². The third-order valence-corrected chi connectivity index (χ3v) is 7.47. The molecule has 1 aromatic rings. The molecule has 0 radical (unpaired) electrons. The Morgan fingerprint density at radius 1 is 1.14 bits per heavy atom. The molecule has 156 valence electrons. The largest absolute Gasteiger partial charge is 0.446 e. The molecule has 3 rings (SSSR count). The maximum Gasteiger partial charge on any atom is 0.446 e. The Labute approximate surface area is 166 Å². The van der Waals surface area contributed by atoms with Crippen LogP contribution in [-0.2, 0) is 14.8 Å². The van der Waals surface area contributed by atoms with Gasteiger partial charge in [0.2, 0.25) is 15.9 Å². The van der Waals surface area contributed by atoms with Crippen molar-refractivity contribution in [3.63, 3.8) is 0 Å². The molecule has 1 heterocycles. The van der Waals surface area contributed by atoms with Gasteiger partial charge in [0.25, 0.3) is 0 Å². The number of hydrogen-bond donors (Lipinski definition) is 1. The van der Waals surface area contributed by atoms with E-state index in [1.165, 1.54) is 16.4 Å². The van der Waals surface area contributed by atoms with E-state index in [9.17, 15) is 26.4 Å². The Kier molecular flexibility index (Phi) is 6.28. The summed E-state index contributed by atoms with van der Waals surface area (Å²) in [7, 11) is -3.79. The number of carbonyl (C=O) groups excluding carboxylic acids is 1. The highest BCUT2D eigenvalue weighted by atomic mass is 32.2. The van der Waals surface area contributed by atoms with Crippen molar-refractivity contribution in [2.75, 3.05) is 26.2 Å². The fourth-order valence-corrected chi connectivity index (χ4v) is 4.97. The number of nitrogens with zero attached hydrogens (tertiary/aromatic N) is 2. The molecule has 1 N–H and O–H groups in total. The van der Waals surface area contributed by atoms with Crippen LogP contribution in [0.5, 0.6) is 0 Å². The van der Waals surface area contributed by atoms with E-state index in [0.717, 1.165) is 25.0 Å². The first-order valence-corrected chi connectivity index (χ1v) is 11.2. The topological polar surface area (TPSA) is 69.7 Å². The van der Waals surface area contributed by atoms with Gasteiger partial charge in [0.05, 0.1) is 10.9 Å². The number of amides is 1. The van der Waals surface area contributed by atoms with Gasteiger partial charge >= 0.3 is 5.51 Å². The molecule has 1 saturated heterocycles. The predicted octanol–water partition coefficient (Wildman–Crippen LogP) is 2.27. The zero-order valence-corrected chi connectivity index (χ0v) is 16.9. The van der Waals surface area contributed by atoms with Crippen molar-refractivity contribution >= 4 is 27.7 Å². The molecule has 1 aliphatic carbocycles. The van der Waals surface area contributed by atoms with Gasteiger partial charge in [-0.15, -0.1) is 0 Å². The first kappa shape index (κ1) is 21.4. The molecule has 2 aliphatic rings. The number of hydrogen-bond acceptors (Lipinski definition) is 5. The molecule has 0 bridgehead atoms. The summed E-state index contributed by atoms with van der Waals surface area (Å²) in [6.07, 6.45) is 2.01. The van der Waals surface area contributed by atoms with Crippen molar-refractivity contribution < 1.29 is 26.4 Å². The highest BCUT2D eigenvalue weighted by Gasteiger charge is 2.34. The first-order valence-electron chi connectivity index (χ1n) is 8.97. The van der Waals surface area contributed by atoms with Crippen LogP contribution < -0.4 is 5.32 Å². The second kappa shape index (κ2) is 8.21. The Morgan fingerprint density at radius 2 is 1.71 bits per heavy atom. The number of benzene rings is 1. The SMILES string of the molecule is CC(C(=O)NC1CC1)N1CCN(S(=O)(=O)c2ccc(SC(F)(F)F)cc2)CC1. The highest BCUT2D eigenvalue weighted by molar-refractivity contribution is 8.00. The fraction of sp³-hybridized carbons (Fsp3) is 0.588. The molecule has 1 atom stereocenters. The molecule has 1 aromatic carbocycles. The summed E-state index contributed by atoms with van der Waals surface area (Å²) in [5, 5.41) is 2.95. The summed E-state index contributed by atoms with van der Waals surface area (Å²) in [6.45, 7) is 3.09. The van der Waals surface area contributed by atoms with Crippen LogP contribution in [0.4, 0.5) is 13.2 Å². The predicted molar refractivity (Wildman–Crippen MR) is 99.3 cm³/mol. The van der Waals surface area contributed by atoms with Gasteiger partial charge in [-0.3, -0.25) is 9.69 Å². The number of sulfonamides is 1. The minimum atomic E-state index is -4.42. The molecule has 1 saturated carbocycles. The van der Waals surface area contributed by atoms with Gasteiger partial charge in [-0.2, -0.15) is 17.5 Å². The Hall–Kier alpha value is -1.30. The number of alkyl halides is 3. The van der Waals surface area contributed by atoms with E-state index < -0.39 is 15.5 Å². The van der Waals surface area contributed by atoms with Crippen molar-refractivity contribution in [2.24, 2.45) is 0 Å². The minimum absolute atomic E-state index is 0.0352. The lowest BCUT2D eigenvalue weighted by molar-refractivity contribution is -0.126. The fourth-order valence-electron chi connectivity index (χ4n) is 3.01. The minimum Gasteiger partial charge on any atom is -0.352 e. The summed E-state index contributed by atoms with van der Waals surface area (Å²) in [4.78, 5) is 14.0. The summed E-state index contributed by atoms with van der Waals surface area (Å²) < 4.78 is 64.0. The number of nitrogens with one attached hydrogen (secondary N) is 1. The summed E-state index contributed by atoms with van der Waals surface area (Å²) in [6, 6.07) is 4.65. The first-order chi connectivity index (χ1) is 13.1. The van der Waals surface area contributed by atoms with E-state index in [-0.39, 0.29) is 52.6 Å². The van der Waals surface area contributed by atoms with Crippen LogP contribution in [-0.4, -0.2) is 67.3 Å². The van der Waals surface area contributed by atoms with Crippen molar-refractivity contribution in [3.05, 3.63) is 24.3 Å². The van der Waals surface area contributed by atoms with Gasteiger partial charge in [0.1, 0.15) is 0 Å². The lowest BCUT2D eigenvalue weighted by atomic mass is 10.2. The molecule has 11 heteroatoms. The van der Waals surface area contributed by atoms with Crippen LogP contribution in [0.1, 0.15) is 19.8 Å². The third-order valence-electron chi connectivity index (χ3n) is 4.82. The Bertz CT molecular complexity index is 803. The van der Waals surface area contributed by atoms with Crippen molar-refractivity contribution in [1.29, 1.82) is 0 Å². The number of thioether (sulfide) groups is 1. The molecule has 1 aliphatic heterocycles. The van der Waals surface area contributed by atoms with Crippen LogP contribution in [0.3, 0.4) is 0 Å². The van der Waals surface area contributed by atoms with Crippen LogP contribution in [0, 0.1) is 0 Å². The molecule has 1 amide bonds. The Balaban J connectivity index is 1.58. The number of rotatable bonds is 6. The zero-order chi connectivity index (χ0) is 20.5. The van der Waals surface area contributed by atoms with Crippen LogP contribution >= 0.6 is 11.8 Å². The second-order valence-corrected chi connectivity index (χ2v) is 9.99. The smallest absolute Gasteiger partial charge is 0.352 e. The average Bonchev–Trinajstić information content (AvgIpc) is 3.44. The molecule has 2 fully saturated rings. The number of carbonyl (C=O) groups is 1. The van der Waals surface area contributed by atoms with Crippen molar-refractivity contribution in [3.8, 4) is 0 Å². The molecular formula is C17H22F3N3O3S2. The van der Waals surface area contributed by atoms with Gasteiger partial charge in [-0.05, 0) is 55.8 Å². The van der Waals surface area contributed by atoms with E-state index in [4.69, 9.17) is 0 Å². The number of piperazine rings is 1. The summed E-state index contributed by atoms with van der Waals surface area (Å²) in [5.41, 5.74) is -4.42. The standard InChI is InChI=1S/C17H22F3N3O3S2/c1-12(16(24)21-13-2-3-13)22-8-10-23(11-9-22)28(25,26)15-6-4-14(5-7-15)27-17(18,19)20/h4-7,12-13H,2-3,8-11H2,1H3,(H,21,24). The average molecular weight is 438 g/mol. The van der Waals surface area contributed by atoms with Crippen molar-refractivity contribution in [1.82, 2.24) is 14.5 Å². The second-order valence-electron chi connectivity index (χ2n) is 6.92. The molecule has 6 nitrogen and oxygen atoms in total. The van der Waals surface area contributed by atoms with Gasteiger partial charge < -0.3 is 5.32 Å². The monoisotopic (exact) mass is 437 g/mol. The van der Waals surface area contributed by atoms with Gasteiger partial charge in [-0.1, -0.05) is 0 Å². The maximum absolute atomic E-state index is 12.7. The van der Waals surface area contributed by atoms with Crippen LogP contribution in [0.15, 0.2) is 34.1 Å². The van der Waals surface area contributed by atoms with E-state index in [2.05, 4.69) is 5.32 Å². The molecule has 28 heavy (non-hydrogen) atoms. The van der Waals surface area contributed by atoms with Crippen LogP contribution in [0.25, 0.3) is 0 Å². The normalized spacial score (nSPS) is 20.7. The van der Waals surface area contributed by atoms with E-state index in [1.807, 2.05) is 4.90 Å². The summed E-state index contributed by atoms with van der Waals surface area (Å²) in [5.74, 6) is -0.0449. The molecule has 1 unspecified atom stereocenters. The quantitative estimate of drug-likeness (QED) is 0.692. The van der Waals surface area contributed by atoms with E-state index in [0.29, 0.717) is 13.1 Å². The Morgan fingerprint density at radius 3 is 2.21 bits per heavy atom. The van der Waals surface area contributed by atoms with Gasteiger partial charge in [-0.25, -0.2) is 8.42 Å². The summed E-state index contributed by atoms with van der Waals surface area (Å²) >= 11 is -0.283. The molecule has 0 spiro atoms. The highest BCUT2D eigenvalue weighted by Crippen LogP contribution is 2.37. The van der Waals surface area contributed by atoms with Gasteiger partial charge in [0, 0.05) is 37.1 Å². The van der Waals surface area contributed by atoms with E-state index >= 15 is 0 Å². The third kappa shape index (κ3) is 5.40. The molecular weight excluding hydrogens is 415 g/mol. The maximum atomic E-state index is 12.7. The van der Waals surface area contributed by atoms with Crippen molar-refractivity contribution in [2.45, 2.75) is 47.1 Å². The lowest BCUT2D eigenvalue weighted by Gasteiger charge is -2.36. The lowest BCUT2D eigenvalue weighted by Crippen LogP contribution is -2.55. The number of halogens is 3.